The van der Waals surface area contributed by atoms with Gasteiger partial charge >= 0.3 is 5.97 Å². The standard InChI is InChI=1S/C15H17NO2/c1-9-7-11-5-3-4-6-12(11)13(8-9)10(2)14(16)15(17)18/h3-8,10,14H,16H2,1-2H3,(H,17,18)/t10-,14-/m0/s1. The zero-order valence-corrected chi connectivity index (χ0v) is 10.6. The number of carbonyl (C=O) groups is 1. The highest BCUT2D eigenvalue weighted by Crippen LogP contribution is 2.28. The van der Waals surface area contributed by atoms with Gasteiger partial charge in [-0.3, -0.25) is 4.79 Å². The highest BCUT2D eigenvalue weighted by molar-refractivity contribution is 5.88. The second kappa shape index (κ2) is 4.78. The summed E-state index contributed by atoms with van der Waals surface area (Å²) in [6, 6.07) is 11.2. The van der Waals surface area contributed by atoms with Crippen LogP contribution in [0.3, 0.4) is 0 Å². The largest absolute Gasteiger partial charge is 0.480 e. The van der Waals surface area contributed by atoms with E-state index >= 15 is 0 Å². The summed E-state index contributed by atoms with van der Waals surface area (Å²) in [5, 5.41) is 11.2. The van der Waals surface area contributed by atoms with Gasteiger partial charge in [0, 0.05) is 5.92 Å². The van der Waals surface area contributed by atoms with E-state index in [0.717, 1.165) is 21.9 Å². The highest BCUT2D eigenvalue weighted by atomic mass is 16.4. The van der Waals surface area contributed by atoms with Crippen LogP contribution in [-0.4, -0.2) is 17.1 Å². The van der Waals surface area contributed by atoms with Crippen molar-refractivity contribution in [2.75, 3.05) is 0 Å². The average Bonchev–Trinajstić information content (AvgIpc) is 2.35. The zero-order chi connectivity index (χ0) is 13.3. The molecular formula is C15H17NO2. The van der Waals surface area contributed by atoms with Crippen molar-refractivity contribution in [1.82, 2.24) is 0 Å². The normalized spacial score (nSPS) is 14.4. The molecule has 0 aliphatic carbocycles. The first kappa shape index (κ1) is 12.6. The maximum Gasteiger partial charge on any atom is 0.321 e. The van der Waals surface area contributed by atoms with Gasteiger partial charge in [0.05, 0.1) is 0 Å². The van der Waals surface area contributed by atoms with Crippen molar-refractivity contribution >= 4 is 16.7 Å². The lowest BCUT2D eigenvalue weighted by Gasteiger charge is -2.19. The number of carboxylic acids is 1. The number of fused-ring (bicyclic) bond motifs is 1. The first-order chi connectivity index (χ1) is 8.50. The molecule has 2 rings (SSSR count). The third-order valence-corrected chi connectivity index (χ3v) is 3.35. The maximum absolute atomic E-state index is 11.0. The third kappa shape index (κ3) is 2.22. The van der Waals surface area contributed by atoms with Crippen LogP contribution >= 0.6 is 0 Å². The van der Waals surface area contributed by atoms with Gasteiger partial charge in [0.15, 0.2) is 0 Å². The van der Waals surface area contributed by atoms with Gasteiger partial charge in [0.1, 0.15) is 6.04 Å². The minimum Gasteiger partial charge on any atom is -0.480 e. The minimum absolute atomic E-state index is 0.215. The molecule has 0 aromatic heterocycles. The number of hydrogen-bond acceptors (Lipinski definition) is 2. The van der Waals surface area contributed by atoms with Gasteiger partial charge in [-0.15, -0.1) is 0 Å². The molecule has 0 saturated carbocycles. The van der Waals surface area contributed by atoms with Crippen molar-refractivity contribution in [2.24, 2.45) is 5.73 Å². The van der Waals surface area contributed by atoms with Crippen LogP contribution in [0, 0.1) is 6.92 Å². The van der Waals surface area contributed by atoms with E-state index in [4.69, 9.17) is 10.8 Å². The van der Waals surface area contributed by atoms with Crippen LogP contribution in [0.15, 0.2) is 36.4 Å². The Labute approximate surface area is 106 Å². The van der Waals surface area contributed by atoms with E-state index in [1.54, 1.807) is 0 Å². The monoisotopic (exact) mass is 243 g/mol. The van der Waals surface area contributed by atoms with Gasteiger partial charge in [-0.2, -0.15) is 0 Å². The SMILES string of the molecule is Cc1cc([C@H](C)[C@H](N)C(=O)O)c2ccccc2c1. The van der Waals surface area contributed by atoms with Crippen molar-refractivity contribution in [3.05, 3.63) is 47.5 Å². The summed E-state index contributed by atoms with van der Waals surface area (Å²) in [6.07, 6.45) is 0. The molecule has 18 heavy (non-hydrogen) atoms. The van der Waals surface area contributed by atoms with Crippen molar-refractivity contribution < 1.29 is 9.90 Å². The second-order valence-corrected chi connectivity index (χ2v) is 4.73. The maximum atomic E-state index is 11.0. The molecule has 0 bridgehead atoms. The molecule has 0 unspecified atom stereocenters. The Hall–Kier alpha value is -1.87. The fourth-order valence-electron chi connectivity index (χ4n) is 2.28. The molecule has 3 nitrogen and oxygen atoms in total. The molecule has 3 N–H and O–H groups in total. The van der Waals surface area contributed by atoms with Crippen LogP contribution in [-0.2, 0) is 4.79 Å². The zero-order valence-electron chi connectivity index (χ0n) is 10.6. The molecule has 2 aromatic rings. The molecule has 0 spiro atoms. The first-order valence-corrected chi connectivity index (χ1v) is 5.98. The summed E-state index contributed by atoms with van der Waals surface area (Å²) < 4.78 is 0. The molecule has 2 atom stereocenters. The molecule has 0 fully saturated rings. The van der Waals surface area contributed by atoms with E-state index in [-0.39, 0.29) is 5.92 Å². The summed E-state index contributed by atoms with van der Waals surface area (Å²) in [4.78, 5) is 11.0. The number of aliphatic carboxylic acids is 1. The topological polar surface area (TPSA) is 63.3 Å². The quantitative estimate of drug-likeness (QED) is 0.871. The van der Waals surface area contributed by atoms with E-state index in [9.17, 15) is 4.79 Å². The smallest absolute Gasteiger partial charge is 0.321 e. The Morgan fingerprint density at radius 1 is 1.28 bits per heavy atom. The number of nitrogens with two attached hydrogens (primary N) is 1. The van der Waals surface area contributed by atoms with Gasteiger partial charge in [-0.05, 0) is 23.3 Å². The Morgan fingerprint density at radius 3 is 2.61 bits per heavy atom. The van der Waals surface area contributed by atoms with E-state index in [0.29, 0.717) is 0 Å². The van der Waals surface area contributed by atoms with Crippen LogP contribution in [0.1, 0.15) is 24.0 Å². The molecule has 2 aromatic carbocycles. The van der Waals surface area contributed by atoms with Crippen molar-refractivity contribution in [1.29, 1.82) is 0 Å². The minimum atomic E-state index is -0.965. The summed E-state index contributed by atoms with van der Waals surface area (Å²) >= 11 is 0. The van der Waals surface area contributed by atoms with Crippen LogP contribution < -0.4 is 5.73 Å². The molecule has 0 heterocycles. The van der Waals surface area contributed by atoms with Crippen molar-refractivity contribution in [3.63, 3.8) is 0 Å². The van der Waals surface area contributed by atoms with E-state index < -0.39 is 12.0 Å². The van der Waals surface area contributed by atoms with Gasteiger partial charge in [-0.1, -0.05) is 48.9 Å². The van der Waals surface area contributed by atoms with Gasteiger partial charge < -0.3 is 10.8 Å². The average molecular weight is 243 g/mol. The lowest BCUT2D eigenvalue weighted by molar-refractivity contribution is -0.138. The summed E-state index contributed by atoms with van der Waals surface area (Å²) in [5.74, 6) is -1.18. The van der Waals surface area contributed by atoms with Crippen LogP contribution in [0.4, 0.5) is 0 Å². The van der Waals surface area contributed by atoms with E-state index in [2.05, 4.69) is 6.07 Å². The summed E-state index contributed by atoms with van der Waals surface area (Å²) in [7, 11) is 0. The molecular weight excluding hydrogens is 226 g/mol. The predicted octanol–water partition coefficient (Wildman–Crippen LogP) is 2.66. The third-order valence-electron chi connectivity index (χ3n) is 3.35. The van der Waals surface area contributed by atoms with Gasteiger partial charge in [0.2, 0.25) is 0 Å². The van der Waals surface area contributed by atoms with Crippen LogP contribution in [0.25, 0.3) is 10.8 Å². The molecule has 0 amide bonds. The molecule has 94 valence electrons. The van der Waals surface area contributed by atoms with Crippen molar-refractivity contribution in [3.8, 4) is 0 Å². The fraction of sp³-hybridized carbons (Fsp3) is 0.267. The van der Waals surface area contributed by atoms with Crippen LogP contribution in [0.2, 0.25) is 0 Å². The Balaban J connectivity index is 2.59. The Morgan fingerprint density at radius 2 is 1.94 bits per heavy atom. The van der Waals surface area contributed by atoms with Crippen LogP contribution in [0.5, 0.6) is 0 Å². The number of aryl methyl sites for hydroxylation is 1. The Kier molecular flexibility index (Phi) is 3.34. The Bertz CT molecular complexity index is 592. The number of hydrogen-bond donors (Lipinski definition) is 2. The molecule has 0 aliphatic heterocycles. The highest BCUT2D eigenvalue weighted by Gasteiger charge is 2.23. The number of rotatable bonds is 3. The summed E-state index contributed by atoms with van der Waals surface area (Å²) in [6.45, 7) is 3.87. The van der Waals surface area contributed by atoms with Crippen molar-refractivity contribution in [2.45, 2.75) is 25.8 Å². The molecule has 0 aliphatic rings. The second-order valence-electron chi connectivity index (χ2n) is 4.73. The predicted molar refractivity (Wildman–Crippen MR) is 72.7 cm³/mol. The molecule has 0 saturated heterocycles. The molecule has 3 heteroatoms. The lowest BCUT2D eigenvalue weighted by atomic mass is 9.88. The number of benzene rings is 2. The van der Waals surface area contributed by atoms with E-state index in [1.165, 1.54) is 0 Å². The summed E-state index contributed by atoms with van der Waals surface area (Å²) in [5.41, 5.74) is 7.85. The van der Waals surface area contributed by atoms with Gasteiger partial charge in [0.25, 0.3) is 0 Å². The van der Waals surface area contributed by atoms with E-state index in [1.807, 2.05) is 44.2 Å². The fourth-order valence-corrected chi connectivity index (χ4v) is 2.28. The number of carboxylic acid groups (broad SMARTS) is 1. The van der Waals surface area contributed by atoms with Gasteiger partial charge in [-0.25, -0.2) is 0 Å². The molecule has 0 radical (unpaired) electrons. The first-order valence-electron chi connectivity index (χ1n) is 5.98. The lowest BCUT2D eigenvalue weighted by Crippen LogP contribution is -2.35.